The molecule has 1 aromatic carbocycles. The number of amides is 2. The SMILES string of the molecule is CN(Cc1ccco1)C(=O)[C@H]1OCC(=O)N(C)[C@H]1c1ccccc1. The summed E-state index contributed by atoms with van der Waals surface area (Å²) in [6.07, 6.45) is 0.833. The molecule has 0 spiro atoms. The lowest BCUT2D eigenvalue weighted by atomic mass is 9.97. The van der Waals surface area contributed by atoms with Crippen LogP contribution < -0.4 is 0 Å². The summed E-state index contributed by atoms with van der Waals surface area (Å²) in [5, 5.41) is 0. The Kier molecular flexibility index (Phi) is 4.66. The predicted octanol–water partition coefficient (Wildman–Crippen LogP) is 1.84. The van der Waals surface area contributed by atoms with Crippen molar-refractivity contribution in [2.75, 3.05) is 20.7 Å². The molecule has 0 N–H and O–H groups in total. The first-order valence-electron chi connectivity index (χ1n) is 7.77. The van der Waals surface area contributed by atoms with Crippen molar-refractivity contribution in [3.8, 4) is 0 Å². The average molecular weight is 328 g/mol. The van der Waals surface area contributed by atoms with Crippen molar-refractivity contribution in [1.82, 2.24) is 9.80 Å². The van der Waals surface area contributed by atoms with Crippen molar-refractivity contribution >= 4 is 11.8 Å². The summed E-state index contributed by atoms with van der Waals surface area (Å²) >= 11 is 0. The number of morpholine rings is 1. The molecule has 6 nitrogen and oxygen atoms in total. The van der Waals surface area contributed by atoms with Crippen LogP contribution in [0.3, 0.4) is 0 Å². The van der Waals surface area contributed by atoms with Crippen LogP contribution in [0.15, 0.2) is 53.1 Å². The van der Waals surface area contributed by atoms with Gasteiger partial charge in [0.1, 0.15) is 12.4 Å². The zero-order valence-corrected chi connectivity index (χ0v) is 13.7. The Balaban J connectivity index is 1.83. The van der Waals surface area contributed by atoms with Gasteiger partial charge in [-0.15, -0.1) is 0 Å². The fourth-order valence-corrected chi connectivity index (χ4v) is 2.90. The van der Waals surface area contributed by atoms with Gasteiger partial charge in [-0.2, -0.15) is 0 Å². The number of carbonyl (C=O) groups is 2. The number of likely N-dealkylation sites (N-methyl/N-ethyl adjacent to an activating group) is 2. The minimum atomic E-state index is -0.741. The summed E-state index contributed by atoms with van der Waals surface area (Å²) < 4.78 is 10.9. The van der Waals surface area contributed by atoms with E-state index in [1.54, 1.807) is 36.2 Å². The molecular formula is C18H20N2O4. The van der Waals surface area contributed by atoms with Gasteiger partial charge in [-0.3, -0.25) is 9.59 Å². The number of rotatable bonds is 4. The zero-order chi connectivity index (χ0) is 17.1. The standard InChI is InChI=1S/C18H20N2O4/c1-19(11-14-9-6-10-23-14)18(22)17-16(13-7-4-3-5-8-13)20(2)15(21)12-24-17/h3-10,16-17H,11-12H2,1-2H3/t16-,17-/m0/s1. The van der Waals surface area contributed by atoms with Gasteiger partial charge in [-0.1, -0.05) is 30.3 Å². The third-order valence-electron chi connectivity index (χ3n) is 4.22. The normalized spacial score (nSPS) is 20.9. The van der Waals surface area contributed by atoms with Crippen LogP contribution in [0.1, 0.15) is 17.4 Å². The van der Waals surface area contributed by atoms with Crippen LogP contribution in [0.25, 0.3) is 0 Å². The molecule has 1 aliphatic heterocycles. The number of furan rings is 1. The molecule has 2 heterocycles. The summed E-state index contributed by atoms with van der Waals surface area (Å²) in [6.45, 7) is 0.260. The van der Waals surface area contributed by atoms with Crippen LogP contribution >= 0.6 is 0 Å². The van der Waals surface area contributed by atoms with E-state index < -0.39 is 12.1 Å². The number of ether oxygens (including phenoxy) is 1. The quantitative estimate of drug-likeness (QED) is 0.859. The van der Waals surface area contributed by atoms with Crippen LogP contribution in [0.5, 0.6) is 0 Å². The molecule has 1 aromatic heterocycles. The zero-order valence-electron chi connectivity index (χ0n) is 13.7. The highest BCUT2D eigenvalue weighted by Gasteiger charge is 2.41. The first-order chi connectivity index (χ1) is 11.6. The highest BCUT2D eigenvalue weighted by Crippen LogP contribution is 2.30. The minimum absolute atomic E-state index is 0.0924. The van der Waals surface area contributed by atoms with Gasteiger partial charge >= 0.3 is 0 Å². The van der Waals surface area contributed by atoms with Gasteiger partial charge in [0.2, 0.25) is 5.91 Å². The van der Waals surface area contributed by atoms with Gasteiger partial charge in [0, 0.05) is 14.1 Å². The van der Waals surface area contributed by atoms with E-state index in [2.05, 4.69) is 0 Å². The molecule has 24 heavy (non-hydrogen) atoms. The minimum Gasteiger partial charge on any atom is -0.467 e. The largest absolute Gasteiger partial charge is 0.467 e. The van der Waals surface area contributed by atoms with Crippen LogP contribution in [-0.4, -0.2) is 48.4 Å². The maximum atomic E-state index is 12.9. The Morgan fingerprint density at radius 3 is 2.67 bits per heavy atom. The highest BCUT2D eigenvalue weighted by atomic mass is 16.5. The summed E-state index contributed by atoms with van der Waals surface area (Å²) in [5.41, 5.74) is 0.873. The summed E-state index contributed by atoms with van der Waals surface area (Å²) in [4.78, 5) is 28.1. The fourth-order valence-electron chi connectivity index (χ4n) is 2.90. The molecule has 3 rings (SSSR count). The number of carbonyl (C=O) groups excluding carboxylic acids is 2. The smallest absolute Gasteiger partial charge is 0.254 e. The Hall–Kier alpha value is -2.60. The molecule has 0 radical (unpaired) electrons. The third kappa shape index (κ3) is 3.19. The van der Waals surface area contributed by atoms with E-state index in [1.165, 1.54) is 0 Å². The molecule has 2 atom stereocenters. The van der Waals surface area contributed by atoms with E-state index in [4.69, 9.17) is 9.15 Å². The topological polar surface area (TPSA) is 63.0 Å². The van der Waals surface area contributed by atoms with Gasteiger partial charge in [0.05, 0.1) is 18.8 Å². The predicted molar refractivity (Wildman–Crippen MR) is 86.9 cm³/mol. The number of hydrogen-bond acceptors (Lipinski definition) is 4. The Morgan fingerprint density at radius 2 is 2.00 bits per heavy atom. The molecule has 0 saturated carbocycles. The van der Waals surface area contributed by atoms with E-state index in [1.807, 2.05) is 36.4 Å². The van der Waals surface area contributed by atoms with E-state index in [0.29, 0.717) is 12.3 Å². The Bertz CT molecular complexity index is 699. The molecule has 0 bridgehead atoms. The maximum Gasteiger partial charge on any atom is 0.254 e. The van der Waals surface area contributed by atoms with Gasteiger partial charge < -0.3 is 19.0 Å². The first kappa shape index (κ1) is 16.3. The molecule has 2 amide bonds. The molecular weight excluding hydrogens is 308 g/mol. The Morgan fingerprint density at radius 1 is 1.25 bits per heavy atom. The van der Waals surface area contributed by atoms with Crippen molar-refractivity contribution in [2.45, 2.75) is 18.7 Å². The van der Waals surface area contributed by atoms with Crippen LogP contribution in [0.4, 0.5) is 0 Å². The van der Waals surface area contributed by atoms with Crippen molar-refractivity contribution in [1.29, 1.82) is 0 Å². The van der Waals surface area contributed by atoms with E-state index in [-0.39, 0.29) is 18.4 Å². The fraction of sp³-hybridized carbons (Fsp3) is 0.333. The second-order valence-corrected chi connectivity index (χ2v) is 5.87. The van der Waals surface area contributed by atoms with Crippen LogP contribution in [0.2, 0.25) is 0 Å². The van der Waals surface area contributed by atoms with Crippen molar-refractivity contribution in [3.63, 3.8) is 0 Å². The maximum absolute atomic E-state index is 12.9. The lowest BCUT2D eigenvalue weighted by Crippen LogP contribution is -2.53. The molecule has 0 unspecified atom stereocenters. The van der Waals surface area contributed by atoms with E-state index >= 15 is 0 Å². The van der Waals surface area contributed by atoms with Gasteiger partial charge in [0.15, 0.2) is 6.10 Å². The van der Waals surface area contributed by atoms with Crippen LogP contribution in [-0.2, 0) is 20.9 Å². The van der Waals surface area contributed by atoms with Gasteiger partial charge in [-0.05, 0) is 17.7 Å². The van der Waals surface area contributed by atoms with E-state index in [0.717, 1.165) is 5.56 Å². The summed E-state index contributed by atoms with van der Waals surface area (Å²) in [7, 11) is 3.40. The Labute approximate surface area is 140 Å². The molecule has 1 aliphatic rings. The second kappa shape index (κ2) is 6.88. The molecule has 126 valence electrons. The third-order valence-corrected chi connectivity index (χ3v) is 4.22. The molecule has 6 heteroatoms. The van der Waals surface area contributed by atoms with Gasteiger partial charge in [0.25, 0.3) is 5.91 Å². The number of nitrogens with zero attached hydrogens (tertiary/aromatic N) is 2. The van der Waals surface area contributed by atoms with Gasteiger partial charge in [-0.25, -0.2) is 0 Å². The average Bonchev–Trinajstić information content (AvgIpc) is 3.10. The number of hydrogen-bond donors (Lipinski definition) is 0. The highest BCUT2D eigenvalue weighted by molar-refractivity contribution is 5.86. The van der Waals surface area contributed by atoms with Crippen molar-refractivity contribution in [3.05, 3.63) is 60.1 Å². The lowest BCUT2D eigenvalue weighted by Gasteiger charge is -2.39. The molecule has 1 saturated heterocycles. The second-order valence-electron chi connectivity index (χ2n) is 5.87. The van der Waals surface area contributed by atoms with Crippen molar-refractivity contribution in [2.24, 2.45) is 0 Å². The summed E-state index contributed by atoms with van der Waals surface area (Å²) in [5.74, 6) is 0.378. The monoisotopic (exact) mass is 328 g/mol. The van der Waals surface area contributed by atoms with Crippen molar-refractivity contribution < 1.29 is 18.7 Å². The number of benzene rings is 1. The first-order valence-corrected chi connectivity index (χ1v) is 7.77. The molecule has 1 fully saturated rings. The lowest BCUT2D eigenvalue weighted by molar-refractivity contribution is -0.167. The molecule has 0 aliphatic carbocycles. The molecule has 2 aromatic rings. The van der Waals surface area contributed by atoms with E-state index in [9.17, 15) is 9.59 Å². The van der Waals surface area contributed by atoms with Crippen LogP contribution in [0, 0.1) is 0 Å². The summed E-state index contributed by atoms with van der Waals surface area (Å²) in [6, 6.07) is 12.6.